The maximum absolute atomic E-state index is 13.0. The molecule has 2 nitrogen and oxygen atoms in total. The monoisotopic (exact) mass is 499 g/mol. The summed E-state index contributed by atoms with van der Waals surface area (Å²) in [5.74, 6) is -1.59. The van der Waals surface area contributed by atoms with Crippen molar-refractivity contribution in [3.8, 4) is 0 Å². The number of carbonyl (C=O) groups is 1. The number of halogens is 8. The molecule has 2 rings (SSSR count). The van der Waals surface area contributed by atoms with Crippen molar-refractivity contribution in [1.82, 2.24) is 4.90 Å². The molecule has 0 aliphatic rings. The lowest BCUT2D eigenvalue weighted by Gasteiger charge is -2.26. The zero-order chi connectivity index (χ0) is 22.9. The van der Waals surface area contributed by atoms with Gasteiger partial charge >= 0.3 is 12.4 Å². The highest BCUT2D eigenvalue weighted by atomic mass is 79.9. The Balaban J connectivity index is 2.26. The third-order valence-corrected chi connectivity index (χ3v) is 5.55. The van der Waals surface area contributed by atoms with Gasteiger partial charge < -0.3 is 4.90 Å². The molecule has 0 N–H and O–H groups in total. The summed E-state index contributed by atoms with van der Waals surface area (Å²) in [6.45, 7) is 1.80. The Kier molecular flexibility index (Phi) is 7.21. The number of rotatable bonds is 5. The number of amides is 1. The molecule has 2 unspecified atom stereocenters. The zero-order valence-electron chi connectivity index (χ0n) is 15.8. The van der Waals surface area contributed by atoms with Crippen molar-refractivity contribution in [1.29, 1.82) is 0 Å². The van der Waals surface area contributed by atoms with Crippen LogP contribution < -0.4 is 0 Å². The van der Waals surface area contributed by atoms with E-state index in [1.165, 1.54) is 19.2 Å². The molecular weight excluding hydrogens is 483 g/mol. The largest absolute Gasteiger partial charge is 0.416 e. The topological polar surface area (TPSA) is 20.3 Å². The molecule has 2 aromatic carbocycles. The summed E-state index contributed by atoms with van der Waals surface area (Å²) in [7, 11) is 1.27. The average molecular weight is 500 g/mol. The van der Waals surface area contributed by atoms with Crippen molar-refractivity contribution in [2.24, 2.45) is 0 Å². The Labute approximate surface area is 176 Å². The van der Waals surface area contributed by atoms with Crippen LogP contribution in [-0.2, 0) is 12.4 Å². The Morgan fingerprint density at radius 2 is 1.43 bits per heavy atom. The number of alkyl halides is 7. The first-order chi connectivity index (χ1) is 13.7. The Morgan fingerprint density at radius 1 is 0.967 bits per heavy atom. The minimum Gasteiger partial charge on any atom is -0.329 e. The van der Waals surface area contributed by atoms with E-state index in [0.717, 1.165) is 10.5 Å². The molecule has 30 heavy (non-hydrogen) atoms. The second-order valence-corrected chi connectivity index (χ2v) is 7.89. The first-order valence-electron chi connectivity index (χ1n) is 8.66. The SMILES string of the molecule is CC(CC(Br)N(C)C(=O)c1cc(C(F)(F)F)cc(C(F)(F)F)c1)c1ccc(F)cc1. The van der Waals surface area contributed by atoms with Crippen LogP contribution >= 0.6 is 15.9 Å². The lowest BCUT2D eigenvalue weighted by molar-refractivity contribution is -0.143. The summed E-state index contributed by atoms with van der Waals surface area (Å²) in [5.41, 5.74) is -3.07. The predicted molar refractivity (Wildman–Crippen MR) is 101 cm³/mol. The average Bonchev–Trinajstić information content (AvgIpc) is 2.65. The van der Waals surface area contributed by atoms with Gasteiger partial charge in [-0.05, 0) is 48.2 Å². The van der Waals surface area contributed by atoms with E-state index >= 15 is 0 Å². The van der Waals surface area contributed by atoms with Crippen LogP contribution in [0.5, 0.6) is 0 Å². The maximum Gasteiger partial charge on any atom is 0.416 e. The van der Waals surface area contributed by atoms with Gasteiger partial charge in [0, 0.05) is 12.6 Å². The van der Waals surface area contributed by atoms with Crippen LogP contribution in [0.2, 0.25) is 0 Å². The fourth-order valence-electron chi connectivity index (χ4n) is 2.79. The molecule has 2 aromatic rings. The van der Waals surface area contributed by atoms with Crippen molar-refractivity contribution in [3.63, 3.8) is 0 Å². The molecule has 0 radical (unpaired) electrons. The van der Waals surface area contributed by atoms with Gasteiger partial charge in [-0.1, -0.05) is 35.0 Å². The van der Waals surface area contributed by atoms with E-state index in [2.05, 4.69) is 15.9 Å². The first kappa shape index (κ1) is 24.2. The van der Waals surface area contributed by atoms with Crippen LogP contribution in [0.15, 0.2) is 42.5 Å². The van der Waals surface area contributed by atoms with Gasteiger partial charge in [0.25, 0.3) is 5.91 Å². The van der Waals surface area contributed by atoms with Gasteiger partial charge in [-0.25, -0.2) is 4.39 Å². The lowest BCUT2D eigenvalue weighted by atomic mass is 9.97. The van der Waals surface area contributed by atoms with Crippen LogP contribution in [-0.4, -0.2) is 22.8 Å². The summed E-state index contributed by atoms with van der Waals surface area (Å²) >= 11 is 3.26. The van der Waals surface area contributed by atoms with Crippen molar-refractivity contribution in [2.75, 3.05) is 7.05 Å². The zero-order valence-corrected chi connectivity index (χ0v) is 17.4. The predicted octanol–water partition coefficient (Wildman–Crippen LogP) is 6.85. The highest BCUT2D eigenvalue weighted by Crippen LogP contribution is 2.37. The number of carbonyl (C=O) groups excluding carboxylic acids is 1. The Hall–Kier alpha value is -2.10. The van der Waals surface area contributed by atoms with Crippen LogP contribution in [0.4, 0.5) is 30.7 Å². The first-order valence-corrected chi connectivity index (χ1v) is 9.58. The number of hydrogen-bond acceptors (Lipinski definition) is 1. The molecule has 2 atom stereocenters. The van der Waals surface area contributed by atoms with Gasteiger partial charge in [0.05, 0.1) is 16.1 Å². The van der Waals surface area contributed by atoms with Crippen molar-refractivity contribution in [2.45, 2.75) is 36.6 Å². The highest BCUT2D eigenvalue weighted by Gasteiger charge is 2.38. The number of hydrogen-bond donors (Lipinski definition) is 0. The fourth-order valence-corrected chi connectivity index (χ4v) is 3.53. The Bertz CT molecular complexity index is 861. The summed E-state index contributed by atoms with van der Waals surface area (Å²) < 4.78 is 91.2. The molecule has 0 saturated carbocycles. The van der Waals surface area contributed by atoms with E-state index < -0.39 is 45.7 Å². The highest BCUT2D eigenvalue weighted by molar-refractivity contribution is 9.09. The molecule has 1 amide bonds. The van der Waals surface area contributed by atoms with Gasteiger partial charge in [0.1, 0.15) is 5.82 Å². The molecule has 0 aromatic heterocycles. The molecule has 0 aliphatic carbocycles. The molecule has 164 valence electrons. The van der Waals surface area contributed by atoms with Crippen molar-refractivity contribution < 1.29 is 35.5 Å². The lowest BCUT2D eigenvalue weighted by Crippen LogP contribution is -2.34. The molecular formula is C20H17BrF7NO. The van der Waals surface area contributed by atoms with E-state index in [1.54, 1.807) is 19.1 Å². The van der Waals surface area contributed by atoms with Gasteiger partial charge in [-0.2, -0.15) is 26.3 Å². The molecule has 0 saturated heterocycles. The standard InChI is InChI=1S/C20H17BrF7NO/c1-11(12-3-5-16(22)6-4-12)7-17(21)29(2)18(30)13-8-14(19(23,24)25)10-15(9-13)20(26,27)28/h3-6,8-11,17H,7H2,1-2H3. The van der Waals surface area contributed by atoms with Gasteiger partial charge in [0.15, 0.2) is 0 Å². The second-order valence-electron chi connectivity index (χ2n) is 6.83. The molecule has 0 heterocycles. The second kappa shape index (κ2) is 8.95. The summed E-state index contributed by atoms with van der Waals surface area (Å²) in [6.07, 6.45) is -9.79. The van der Waals surface area contributed by atoms with E-state index in [1.807, 2.05) is 0 Å². The van der Waals surface area contributed by atoms with E-state index in [4.69, 9.17) is 0 Å². The normalized spacial score (nSPS) is 14.3. The van der Waals surface area contributed by atoms with E-state index in [0.29, 0.717) is 18.6 Å². The summed E-state index contributed by atoms with van der Waals surface area (Å²) in [5, 5.41) is 0. The van der Waals surface area contributed by atoms with Crippen LogP contribution in [0.1, 0.15) is 46.3 Å². The summed E-state index contributed by atoms with van der Waals surface area (Å²) in [6, 6.07) is 6.43. The van der Waals surface area contributed by atoms with Gasteiger partial charge in [-0.3, -0.25) is 4.79 Å². The maximum atomic E-state index is 13.0. The Morgan fingerprint density at radius 3 is 1.87 bits per heavy atom. The third-order valence-electron chi connectivity index (χ3n) is 4.56. The van der Waals surface area contributed by atoms with Crippen LogP contribution in [0.25, 0.3) is 0 Å². The van der Waals surface area contributed by atoms with E-state index in [9.17, 15) is 35.5 Å². The van der Waals surface area contributed by atoms with Crippen molar-refractivity contribution >= 4 is 21.8 Å². The van der Waals surface area contributed by atoms with Crippen LogP contribution in [0.3, 0.4) is 0 Å². The molecule has 0 bridgehead atoms. The molecule has 0 fully saturated rings. The molecule has 0 aliphatic heterocycles. The molecule has 10 heteroatoms. The number of nitrogens with zero attached hydrogens (tertiary/aromatic N) is 1. The van der Waals surface area contributed by atoms with Gasteiger partial charge in [-0.15, -0.1) is 0 Å². The quantitative estimate of drug-likeness (QED) is 0.250. The van der Waals surface area contributed by atoms with E-state index in [-0.39, 0.29) is 12.0 Å². The molecule has 0 spiro atoms. The minimum atomic E-state index is -5.04. The number of benzene rings is 2. The minimum absolute atomic E-state index is 0.0288. The summed E-state index contributed by atoms with van der Waals surface area (Å²) in [4.78, 5) is 13.0. The van der Waals surface area contributed by atoms with Crippen molar-refractivity contribution in [3.05, 3.63) is 70.5 Å². The third kappa shape index (κ3) is 5.96. The smallest absolute Gasteiger partial charge is 0.329 e. The van der Waals surface area contributed by atoms with Crippen LogP contribution in [0, 0.1) is 5.82 Å². The van der Waals surface area contributed by atoms with Gasteiger partial charge in [0.2, 0.25) is 0 Å². The fraction of sp³-hybridized carbons (Fsp3) is 0.350.